The average molecular weight is 595 g/mol. The van der Waals surface area contributed by atoms with Crippen LogP contribution in [0.1, 0.15) is 85.5 Å². The van der Waals surface area contributed by atoms with Gasteiger partial charge in [0.05, 0.1) is 60.2 Å². The Balaban J connectivity index is 1.12. The summed E-state index contributed by atoms with van der Waals surface area (Å²) < 4.78 is 11.0. The van der Waals surface area contributed by atoms with Crippen molar-refractivity contribution < 1.29 is 19.1 Å². The first-order chi connectivity index (χ1) is 21.5. The number of rotatable bonds is 14. The number of nitrogens with zero attached hydrogens (tertiary/aromatic N) is 6. The molecule has 4 aromatic rings. The minimum Gasteiger partial charge on any atom is -0.494 e. The molecule has 10 heteroatoms. The van der Waals surface area contributed by atoms with Crippen molar-refractivity contribution in [3.8, 4) is 11.5 Å². The van der Waals surface area contributed by atoms with Crippen molar-refractivity contribution in [2.45, 2.75) is 77.0 Å². The van der Waals surface area contributed by atoms with Crippen LogP contribution in [0.5, 0.6) is 11.5 Å². The van der Waals surface area contributed by atoms with E-state index in [9.17, 15) is 9.59 Å². The van der Waals surface area contributed by atoms with E-state index in [1.54, 1.807) is 36.7 Å². The smallest absolute Gasteiger partial charge is 0.144 e. The molecule has 4 heterocycles. The normalized spacial score (nSPS) is 16.3. The van der Waals surface area contributed by atoms with Gasteiger partial charge in [0.25, 0.3) is 0 Å². The van der Waals surface area contributed by atoms with Gasteiger partial charge in [0.1, 0.15) is 23.1 Å². The Labute approximate surface area is 257 Å². The van der Waals surface area contributed by atoms with Crippen LogP contribution in [-0.4, -0.2) is 55.1 Å². The Morgan fingerprint density at radius 2 is 1.09 bits per heavy atom. The zero-order chi connectivity index (χ0) is 30.7. The van der Waals surface area contributed by atoms with Crippen LogP contribution in [0.2, 0.25) is 0 Å². The lowest BCUT2D eigenvalue weighted by Gasteiger charge is -2.28. The Bertz CT molecular complexity index is 1430. The third kappa shape index (κ3) is 8.72. The zero-order valence-corrected chi connectivity index (χ0v) is 25.3. The van der Waals surface area contributed by atoms with Crippen LogP contribution in [0.25, 0.3) is 0 Å². The fraction of sp³-hybridized carbons (Fsp3) is 0.412. The first-order valence-electron chi connectivity index (χ1n) is 15.3. The fourth-order valence-electron chi connectivity index (χ4n) is 5.64. The molecule has 1 aliphatic rings. The molecule has 0 amide bonds. The van der Waals surface area contributed by atoms with E-state index in [2.05, 4.69) is 30.4 Å². The molecular formula is C34H38N6O4. The molecule has 0 saturated heterocycles. The number of ketones is 2. The van der Waals surface area contributed by atoms with Crippen LogP contribution in [0.3, 0.4) is 0 Å². The van der Waals surface area contributed by atoms with Gasteiger partial charge in [0.15, 0.2) is 0 Å². The highest BCUT2D eigenvalue weighted by Gasteiger charge is 2.27. The van der Waals surface area contributed by atoms with Crippen LogP contribution in [0.4, 0.5) is 0 Å². The second-order valence-electron chi connectivity index (χ2n) is 11.1. The zero-order valence-electron chi connectivity index (χ0n) is 25.3. The van der Waals surface area contributed by atoms with Crippen LogP contribution < -0.4 is 9.47 Å². The summed E-state index contributed by atoms with van der Waals surface area (Å²) in [5.41, 5.74) is 4.55. The Kier molecular flexibility index (Phi) is 10.7. The van der Waals surface area contributed by atoms with E-state index in [4.69, 9.17) is 9.47 Å². The maximum Gasteiger partial charge on any atom is 0.144 e. The second kappa shape index (κ2) is 15.2. The number of ether oxygens (including phenoxy) is 2. The SMILES string of the molecule is CCOc1ccnc(CC(=O)Cc2ccc([C@H]3CCC[C@H](c4ccc(CC(=O)Cc5cc(OCC)ccn5)nn4)C3)nn2)c1. The van der Waals surface area contributed by atoms with Crippen LogP contribution in [0.15, 0.2) is 60.9 Å². The first kappa shape index (κ1) is 30.8. The molecule has 5 rings (SSSR count). The fourth-order valence-corrected chi connectivity index (χ4v) is 5.64. The molecule has 1 aliphatic carbocycles. The van der Waals surface area contributed by atoms with Gasteiger partial charge in [-0.1, -0.05) is 6.42 Å². The minimum absolute atomic E-state index is 0.0297. The molecule has 0 unspecified atom stereocenters. The van der Waals surface area contributed by atoms with Gasteiger partial charge in [-0.2, -0.15) is 20.4 Å². The lowest BCUT2D eigenvalue weighted by molar-refractivity contribution is -0.118. The summed E-state index contributed by atoms with van der Waals surface area (Å²) >= 11 is 0. The predicted octanol–water partition coefficient (Wildman–Crippen LogP) is 5.00. The van der Waals surface area contributed by atoms with Crippen molar-refractivity contribution in [1.82, 2.24) is 30.4 Å². The maximum atomic E-state index is 12.6. The molecule has 0 aliphatic heterocycles. The Morgan fingerprint density at radius 1 is 0.636 bits per heavy atom. The number of aromatic nitrogens is 6. The summed E-state index contributed by atoms with van der Waals surface area (Å²) in [4.78, 5) is 33.9. The summed E-state index contributed by atoms with van der Waals surface area (Å²) in [6.07, 6.45) is 8.21. The maximum absolute atomic E-state index is 12.6. The van der Waals surface area contributed by atoms with E-state index in [1.807, 2.05) is 38.1 Å². The molecule has 44 heavy (non-hydrogen) atoms. The molecule has 4 aromatic heterocycles. The number of hydrogen-bond acceptors (Lipinski definition) is 10. The molecule has 228 valence electrons. The minimum atomic E-state index is 0.0297. The van der Waals surface area contributed by atoms with E-state index in [1.165, 1.54) is 0 Å². The lowest BCUT2D eigenvalue weighted by Crippen LogP contribution is -2.17. The molecule has 1 saturated carbocycles. The molecule has 1 fully saturated rings. The van der Waals surface area contributed by atoms with E-state index >= 15 is 0 Å². The highest BCUT2D eigenvalue weighted by atomic mass is 16.5. The van der Waals surface area contributed by atoms with Gasteiger partial charge < -0.3 is 9.47 Å². The molecule has 0 bridgehead atoms. The van der Waals surface area contributed by atoms with Gasteiger partial charge in [-0.25, -0.2) is 0 Å². The molecular weight excluding hydrogens is 556 g/mol. The second-order valence-corrected chi connectivity index (χ2v) is 11.1. The van der Waals surface area contributed by atoms with Gasteiger partial charge in [-0.3, -0.25) is 19.6 Å². The van der Waals surface area contributed by atoms with E-state index in [-0.39, 0.29) is 49.1 Å². The Morgan fingerprint density at radius 3 is 1.50 bits per heavy atom. The quantitative estimate of drug-likeness (QED) is 0.196. The monoisotopic (exact) mass is 594 g/mol. The van der Waals surface area contributed by atoms with Crippen molar-refractivity contribution in [3.63, 3.8) is 0 Å². The first-order valence-corrected chi connectivity index (χ1v) is 15.3. The van der Waals surface area contributed by atoms with Crippen molar-refractivity contribution >= 4 is 11.6 Å². The van der Waals surface area contributed by atoms with Crippen LogP contribution in [0, 0.1) is 0 Å². The van der Waals surface area contributed by atoms with Crippen LogP contribution >= 0.6 is 0 Å². The largest absolute Gasteiger partial charge is 0.494 e. The summed E-state index contributed by atoms with van der Waals surface area (Å²) in [5.74, 6) is 2.01. The predicted molar refractivity (Wildman–Crippen MR) is 164 cm³/mol. The number of carbonyl (C=O) groups excluding carboxylic acids is 2. The van der Waals surface area contributed by atoms with Gasteiger partial charge in [0, 0.05) is 49.2 Å². The number of pyridine rings is 2. The molecule has 0 aromatic carbocycles. The third-order valence-electron chi connectivity index (χ3n) is 7.70. The van der Waals surface area contributed by atoms with E-state index in [0.717, 1.165) is 37.1 Å². The number of hydrogen-bond donors (Lipinski definition) is 0. The summed E-state index contributed by atoms with van der Waals surface area (Å²) in [6, 6.07) is 15.0. The topological polar surface area (TPSA) is 130 Å². The van der Waals surface area contributed by atoms with E-state index < -0.39 is 0 Å². The van der Waals surface area contributed by atoms with Crippen molar-refractivity contribution in [2.75, 3.05) is 13.2 Å². The van der Waals surface area contributed by atoms with Crippen LogP contribution in [-0.2, 0) is 35.3 Å². The highest BCUT2D eigenvalue weighted by Crippen LogP contribution is 2.39. The molecule has 10 nitrogen and oxygen atoms in total. The summed E-state index contributed by atoms with van der Waals surface area (Å²) in [6.45, 7) is 4.97. The van der Waals surface area contributed by atoms with E-state index in [0.29, 0.717) is 47.5 Å². The third-order valence-corrected chi connectivity index (χ3v) is 7.70. The number of carbonyl (C=O) groups is 2. The van der Waals surface area contributed by atoms with Crippen molar-refractivity contribution in [1.29, 1.82) is 0 Å². The molecule has 0 radical (unpaired) electrons. The average Bonchev–Trinajstić information content (AvgIpc) is 3.02. The van der Waals surface area contributed by atoms with Gasteiger partial charge in [-0.05, 0) is 69.5 Å². The lowest BCUT2D eigenvalue weighted by atomic mass is 9.78. The van der Waals surface area contributed by atoms with Gasteiger partial charge >= 0.3 is 0 Å². The standard InChI is InChI=1S/C34H38N6O4/c1-3-43-31-12-14-35-27(21-31)19-29(41)17-25-8-10-33(39-37-25)23-6-5-7-24(16-23)34-11-9-26(38-40-34)18-30(42)20-28-22-32(44-4-2)13-15-36-28/h8-15,21-24H,3-7,16-20H2,1-2H3/t23-,24-/m0/s1. The highest BCUT2D eigenvalue weighted by molar-refractivity contribution is 5.82. The van der Waals surface area contributed by atoms with Gasteiger partial charge in [0.2, 0.25) is 0 Å². The molecule has 2 atom stereocenters. The van der Waals surface area contributed by atoms with Crippen molar-refractivity contribution in [2.24, 2.45) is 0 Å². The molecule has 0 N–H and O–H groups in total. The molecule has 0 spiro atoms. The Hall–Kier alpha value is -4.60. The van der Waals surface area contributed by atoms with Gasteiger partial charge in [-0.15, -0.1) is 0 Å². The summed E-state index contributed by atoms with van der Waals surface area (Å²) in [7, 11) is 0. The summed E-state index contributed by atoms with van der Waals surface area (Å²) in [5, 5.41) is 17.8. The van der Waals surface area contributed by atoms with Crippen molar-refractivity contribution in [3.05, 3.63) is 95.1 Å². The number of Topliss-reactive ketones (excluding diaryl/α,β-unsaturated/α-hetero) is 2.